The van der Waals surface area contributed by atoms with Crippen molar-refractivity contribution in [2.75, 3.05) is 13.1 Å². The molecule has 3 aromatic carbocycles. The summed E-state index contributed by atoms with van der Waals surface area (Å²) in [5, 5.41) is 11.3. The van der Waals surface area contributed by atoms with Crippen LogP contribution in [-0.2, 0) is 25.8 Å². The molecule has 0 spiro atoms. The van der Waals surface area contributed by atoms with Crippen LogP contribution in [0.5, 0.6) is 5.75 Å². The third-order valence-corrected chi connectivity index (χ3v) is 8.14. The number of halogens is 1. The average molecular weight is 616 g/mol. The van der Waals surface area contributed by atoms with Gasteiger partial charge >= 0.3 is 12.1 Å². The lowest BCUT2D eigenvalue weighted by Gasteiger charge is -2.29. The van der Waals surface area contributed by atoms with Crippen molar-refractivity contribution >= 4 is 33.5 Å². The molecule has 1 atom stereocenters. The fraction of sp³-hybridized carbons (Fsp3) is 0.375. The van der Waals surface area contributed by atoms with Crippen molar-refractivity contribution in [1.29, 1.82) is 0 Å². The molecule has 0 radical (unpaired) electrons. The van der Waals surface area contributed by atoms with Crippen LogP contribution in [0.4, 0.5) is 4.79 Å². The number of amides is 1. The predicted molar refractivity (Wildman–Crippen MR) is 161 cm³/mol. The van der Waals surface area contributed by atoms with Gasteiger partial charge in [0, 0.05) is 18.0 Å². The van der Waals surface area contributed by atoms with E-state index < -0.39 is 27.6 Å². The Morgan fingerprint density at radius 3 is 2.10 bits per heavy atom. The summed E-state index contributed by atoms with van der Waals surface area (Å²) >= 11 is 6.06. The molecule has 0 heterocycles. The lowest BCUT2D eigenvalue weighted by molar-refractivity contribution is -0.135. The van der Waals surface area contributed by atoms with Crippen molar-refractivity contribution in [3.05, 3.63) is 88.9 Å². The van der Waals surface area contributed by atoms with E-state index in [1.165, 1.54) is 41.3 Å². The Hall–Kier alpha value is -3.40. The molecule has 42 heavy (non-hydrogen) atoms. The Kier molecular flexibility index (Phi) is 11.2. The molecule has 1 unspecified atom stereocenters. The Bertz CT molecular complexity index is 1460. The third-order valence-electron chi connectivity index (χ3n) is 6.12. The summed E-state index contributed by atoms with van der Waals surface area (Å²) < 4.78 is 37.2. The molecule has 1 N–H and O–H groups in total. The number of benzene rings is 3. The van der Waals surface area contributed by atoms with Crippen LogP contribution >= 0.6 is 11.6 Å². The van der Waals surface area contributed by atoms with E-state index in [0.717, 1.165) is 5.56 Å². The zero-order valence-corrected chi connectivity index (χ0v) is 26.1. The van der Waals surface area contributed by atoms with Crippen LogP contribution < -0.4 is 4.74 Å². The number of ether oxygens (including phenoxy) is 2. The summed E-state index contributed by atoms with van der Waals surface area (Å²) in [6.45, 7) is 9.34. The summed E-state index contributed by atoms with van der Waals surface area (Å²) in [5.74, 6) is 0.0615. The van der Waals surface area contributed by atoms with Crippen LogP contribution in [0.2, 0.25) is 5.02 Å². The number of nitrogens with zero attached hydrogens (tertiary/aromatic N) is 1. The Morgan fingerprint density at radius 2 is 1.55 bits per heavy atom. The first-order valence-electron chi connectivity index (χ1n) is 13.7. The molecule has 0 aliphatic rings. The van der Waals surface area contributed by atoms with Crippen LogP contribution in [0.3, 0.4) is 0 Å². The number of aliphatic hydroxyl groups excluding tert-OH is 1. The van der Waals surface area contributed by atoms with Crippen LogP contribution in [-0.4, -0.2) is 49.2 Å². The molecule has 0 aliphatic carbocycles. The maximum absolute atomic E-state index is 13.2. The standard InChI is InChI=1S/C32H38ClNO7S/c1-22(2)19-30(36)40-26-11-15-28(16-12-26)42(38,39)27-13-9-23(10-14-27)17-18-34(31(37)41-32(3,4)5)21-29(35)24-7-6-8-25(33)20-24/h6-16,20,22,29,35H,17-19,21H2,1-5H3. The second kappa shape index (κ2) is 14.2. The molecule has 0 saturated heterocycles. The van der Waals surface area contributed by atoms with Gasteiger partial charge in [-0.1, -0.05) is 49.7 Å². The van der Waals surface area contributed by atoms with E-state index >= 15 is 0 Å². The molecule has 0 saturated carbocycles. The van der Waals surface area contributed by atoms with Crippen molar-refractivity contribution in [2.45, 2.75) is 69.0 Å². The maximum Gasteiger partial charge on any atom is 0.410 e. The predicted octanol–water partition coefficient (Wildman–Crippen LogP) is 6.64. The number of carbonyl (C=O) groups excluding carboxylic acids is 2. The van der Waals surface area contributed by atoms with Crippen LogP contribution in [0.1, 0.15) is 58.3 Å². The van der Waals surface area contributed by atoms with Gasteiger partial charge < -0.3 is 19.5 Å². The molecule has 0 fully saturated rings. The third kappa shape index (κ3) is 9.86. The molecular weight excluding hydrogens is 578 g/mol. The van der Waals surface area contributed by atoms with Gasteiger partial charge in [0.2, 0.25) is 9.84 Å². The molecule has 3 aromatic rings. The average Bonchev–Trinajstić information content (AvgIpc) is 2.90. The van der Waals surface area contributed by atoms with Crippen molar-refractivity contribution < 1.29 is 32.6 Å². The molecule has 226 valence electrons. The van der Waals surface area contributed by atoms with Gasteiger partial charge in [-0.2, -0.15) is 0 Å². The van der Waals surface area contributed by atoms with Gasteiger partial charge in [0.25, 0.3) is 0 Å². The summed E-state index contributed by atoms with van der Waals surface area (Å²) in [5.41, 5.74) is 0.653. The first-order valence-corrected chi connectivity index (χ1v) is 15.6. The molecule has 3 rings (SSSR count). The first-order chi connectivity index (χ1) is 19.6. The van der Waals surface area contributed by atoms with E-state index in [4.69, 9.17) is 21.1 Å². The highest BCUT2D eigenvalue weighted by Gasteiger charge is 2.25. The monoisotopic (exact) mass is 615 g/mol. The second-order valence-corrected chi connectivity index (χ2v) is 13.8. The number of esters is 1. The van der Waals surface area contributed by atoms with E-state index in [2.05, 4.69) is 0 Å². The largest absolute Gasteiger partial charge is 0.444 e. The normalized spacial score (nSPS) is 12.6. The number of hydrogen-bond acceptors (Lipinski definition) is 7. The van der Waals surface area contributed by atoms with E-state index in [1.54, 1.807) is 57.2 Å². The summed E-state index contributed by atoms with van der Waals surface area (Å²) in [7, 11) is -3.80. The molecular formula is C32H38ClNO7S. The molecule has 1 amide bonds. The van der Waals surface area contributed by atoms with Crippen molar-refractivity contribution in [1.82, 2.24) is 4.90 Å². The highest BCUT2D eigenvalue weighted by molar-refractivity contribution is 7.91. The van der Waals surface area contributed by atoms with Gasteiger partial charge in [-0.25, -0.2) is 13.2 Å². The lowest BCUT2D eigenvalue weighted by Crippen LogP contribution is -2.40. The second-order valence-electron chi connectivity index (χ2n) is 11.4. The minimum absolute atomic E-state index is 0.00943. The number of rotatable bonds is 11. The minimum atomic E-state index is -3.80. The zero-order chi connectivity index (χ0) is 31.1. The van der Waals surface area contributed by atoms with Gasteiger partial charge in [0.1, 0.15) is 11.4 Å². The Labute approximate surface area is 253 Å². The number of sulfone groups is 1. The van der Waals surface area contributed by atoms with Gasteiger partial charge in [-0.15, -0.1) is 0 Å². The topological polar surface area (TPSA) is 110 Å². The van der Waals surface area contributed by atoms with Crippen LogP contribution in [0, 0.1) is 5.92 Å². The molecule has 8 nitrogen and oxygen atoms in total. The molecule has 0 bridgehead atoms. The molecule has 0 aliphatic heterocycles. The molecule has 10 heteroatoms. The summed E-state index contributed by atoms with van der Waals surface area (Å²) in [6.07, 6.45) is -0.877. The van der Waals surface area contributed by atoms with Crippen LogP contribution in [0.25, 0.3) is 0 Å². The highest BCUT2D eigenvalue weighted by atomic mass is 35.5. The van der Waals surface area contributed by atoms with Crippen molar-refractivity contribution in [3.8, 4) is 5.75 Å². The van der Waals surface area contributed by atoms with E-state index in [-0.39, 0.29) is 46.9 Å². The van der Waals surface area contributed by atoms with Crippen molar-refractivity contribution in [3.63, 3.8) is 0 Å². The van der Waals surface area contributed by atoms with Gasteiger partial charge in [0.15, 0.2) is 0 Å². The summed E-state index contributed by atoms with van der Waals surface area (Å²) in [6, 6.07) is 19.0. The molecule has 0 aromatic heterocycles. The lowest BCUT2D eigenvalue weighted by atomic mass is 10.1. The van der Waals surface area contributed by atoms with Gasteiger partial charge in [0.05, 0.1) is 22.4 Å². The quantitative estimate of drug-likeness (QED) is 0.190. The zero-order valence-electron chi connectivity index (χ0n) is 24.5. The van der Waals surface area contributed by atoms with Crippen LogP contribution in [0.15, 0.2) is 82.6 Å². The Balaban J connectivity index is 1.69. The van der Waals surface area contributed by atoms with Gasteiger partial charge in [-0.3, -0.25) is 4.79 Å². The first kappa shape index (κ1) is 33.1. The van der Waals surface area contributed by atoms with E-state index in [0.29, 0.717) is 17.0 Å². The van der Waals surface area contributed by atoms with E-state index in [9.17, 15) is 23.1 Å². The van der Waals surface area contributed by atoms with Crippen molar-refractivity contribution in [2.24, 2.45) is 5.92 Å². The van der Waals surface area contributed by atoms with E-state index in [1.807, 2.05) is 13.8 Å². The number of carbonyl (C=O) groups is 2. The number of hydrogen-bond donors (Lipinski definition) is 1. The number of aliphatic hydroxyl groups is 1. The SMILES string of the molecule is CC(C)CC(=O)Oc1ccc(S(=O)(=O)c2ccc(CCN(CC(O)c3cccc(Cl)c3)C(=O)OC(C)(C)C)cc2)cc1. The fourth-order valence-corrected chi connectivity index (χ4v) is 5.50. The highest BCUT2D eigenvalue weighted by Crippen LogP contribution is 2.25. The smallest absolute Gasteiger partial charge is 0.410 e. The summed E-state index contributed by atoms with van der Waals surface area (Å²) in [4.78, 5) is 26.5. The maximum atomic E-state index is 13.2. The fourth-order valence-electron chi connectivity index (χ4n) is 4.04. The van der Waals surface area contributed by atoms with Gasteiger partial charge in [-0.05, 0) is 92.8 Å². The Morgan fingerprint density at radius 1 is 0.952 bits per heavy atom. The minimum Gasteiger partial charge on any atom is -0.444 e.